The summed E-state index contributed by atoms with van der Waals surface area (Å²) in [5.41, 5.74) is 0. The molecule has 0 amide bonds. The Balaban J connectivity index is -0.00000180. The number of carbonyl (C=O) groups is 4. The van der Waals surface area contributed by atoms with Crippen LogP contribution in [0.15, 0.2) is 0 Å². The van der Waals surface area contributed by atoms with Gasteiger partial charge in [0.05, 0.1) is 26.2 Å². The summed E-state index contributed by atoms with van der Waals surface area (Å²) in [7, 11) is 0. The quantitative estimate of drug-likeness (QED) is 0.290. The molecule has 116 valence electrons. The summed E-state index contributed by atoms with van der Waals surface area (Å²) in [4.78, 5) is 44.4. The van der Waals surface area contributed by atoms with Crippen molar-refractivity contribution >= 4 is 83.0 Å². The van der Waals surface area contributed by atoms with Gasteiger partial charge in [-0.2, -0.15) is 0 Å². The van der Waals surface area contributed by atoms with E-state index in [1.807, 2.05) is 0 Å². The van der Waals surface area contributed by atoms with Crippen LogP contribution in [0.2, 0.25) is 0 Å². The van der Waals surface area contributed by atoms with Gasteiger partial charge in [-0.05, 0) is 0 Å². The van der Waals surface area contributed by atoms with Crippen molar-refractivity contribution < 1.29 is 39.6 Å². The van der Waals surface area contributed by atoms with E-state index < -0.39 is 50.1 Å². The van der Waals surface area contributed by atoms with Gasteiger partial charge in [0.1, 0.15) is 0 Å². The van der Waals surface area contributed by atoms with Crippen molar-refractivity contribution in [2.75, 3.05) is 39.3 Å². The predicted molar refractivity (Wildman–Crippen MR) is 74.9 cm³/mol. The van der Waals surface area contributed by atoms with Gasteiger partial charge >= 0.3 is 23.9 Å². The van der Waals surface area contributed by atoms with Gasteiger partial charge in [0, 0.05) is 72.2 Å². The number of aliphatic carboxylic acids is 4. The maximum absolute atomic E-state index is 10.6. The molecular formula is C10H16N2Na2O8. The Morgan fingerprint density at radius 1 is 0.545 bits per heavy atom. The molecule has 0 aromatic rings. The normalized spacial score (nSPS) is 9.73. The number of hydrogen-bond donors (Lipinski definition) is 4. The minimum absolute atomic E-state index is 0. The van der Waals surface area contributed by atoms with Crippen molar-refractivity contribution in [2.24, 2.45) is 0 Å². The van der Waals surface area contributed by atoms with E-state index in [-0.39, 0.29) is 72.2 Å². The fourth-order valence-electron chi connectivity index (χ4n) is 1.48. The van der Waals surface area contributed by atoms with Crippen LogP contribution in [0.4, 0.5) is 0 Å². The van der Waals surface area contributed by atoms with E-state index in [1.54, 1.807) is 0 Å². The Morgan fingerprint density at radius 2 is 0.727 bits per heavy atom. The van der Waals surface area contributed by atoms with Gasteiger partial charge in [0.2, 0.25) is 0 Å². The fourth-order valence-corrected chi connectivity index (χ4v) is 1.48. The van der Waals surface area contributed by atoms with Crippen molar-refractivity contribution in [1.29, 1.82) is 0 Å². The molecule has 0 saturated heterocycles. The molecule has 12 heteroatoms. The molecule has 0 aliphatic rings. The van der Waals surface area contributed by atoms with Crippen LogP contribution in [0, 0.1) is 0 Å². The molecule has 0 heterocycles. The van der Waals surface area contributed by atoms with Gasteiger partial charge < -0.3 is 20.4 Å². The summed E-state index contributed by atoms with van der Waals surface area (Å²) in [5, 5.41) is 34.5. The van der Waals surface area contributed by atoms with Crippen LogP contribution in [0.5, 0.6) is 0 Å². The second kappa shape index (κ2) is 14.4. The number of hydrogen-bond acceptors (Lipinski definition) is 6. The smallest absolute Gasteiger partial charge is 0.317 e. The van der Waals surface area contributed by atoms with Crippen molar-refractivity contribution in [1.82, 2.24) is 9.80 Å². The first-order chi connectivity index (χ1) is 9.20. The van der Waals surface area contributed by atoms with E-state index in [9.17, 15) is 19.2 Å². The molecule has 0 aromatic heterocycles. The topological polar surface area (TPSA) is 156 Å². The maximum atomic E-state index is 10.6. The molecule has 0 aromatic carbocycles. The first-order valence-electron chi connectivity index (χ1n) is 5.52. The standard InChI is InChI=1S/C10H16N2O8.2Na/c13-7(14)3-11(4-8(15)16)1-2-12(5-9(17)18)6-10(19)20;;/h1-6H2,(H,13,14)(H,15,16)(H,17,18)(H,19,20);;. The van der Waals surface area contributed by atoms with Crippen LogP contribution >= 0.6 is 0 Å². The van der Waals surface area contributed by atoms with Gasteiger partial charge in [-0.25, -0.2) is 0 Å². The third kappa shape index (κ3) is 16.2. The summed E-state index contributed by atoms with van der Waals surface area (Å²) >= 11 is 0. The molecular weight excluding hydrogens is 322 g/mol. The Labute approximate surface area is 170 Å². The molecule has 22 heavy (non-hydrogen) atoms. The summed E-state index contributed by atoms with van der Waals surface area (Å²) in [6, 6.07) is 0. The molecule has 4 N–H and O–H groups in total. The Morgan fingerprint density at radius 3 is 0.864 bits per heavy atom. The van der Waals surface area contributed by atoms with E-state index >= 15 is 0 Å². The van der Waals surface area contributed by atoms with Crippen LogP contribution in [-0.2, 0) is 19.2 Å². The molecule has 0 saturated carbocycles. The zero-order valence-corrected chi connectivity index (χ0v) is 16.6. The van der Waals surface area contributed by atoms with Gasteiger partial charge in [-0.1, -0.05) is 0 Å². The van der Waals surface area contributed by atoms with Gasteiger partial charge in [-0.15, -0.1) is 0 Å². The molecule has 0 fully saturated rings. The second-order valence-electron chi connectivity index (χ2n) is 4.00. The van der Waals surface area contributed by atoms with E-state index in [2.05, 4.69) is 0 Å². The molecule has 0 aliphatic heterocycles. The first-order valence-corrected chi connectivity index (χ1v) is 5.52. The number of carboxylic acids is 4. The van der Waals surface area contributed by atoms with Crippen LogP contribution in [0.3, 0.4) is 0 Å². The average Bonchev–Trinajstić information content (AvgIpc) is 2.22. The van der Waals surface area contributed by atoms with Gasteiger partial charge in [0.15, 0.2) is 0 Å². The third-order valence-electron chi connectivity index (χ3n) is 2.17. The van der Waals surface area contributed by atoms with Crippen molar-refractivity contribution in [3.63, 3.8) is 0 Å². The molecule has 0 unspecified atom stereocenters. The summed E-state index contributed by atoms with van der Waals surface area (Å²) in [6.07, 6.45) is 0. The van der Waals surface area contributed by atoms with Crippen LogP contribution < -0.4 is 0 Å². The summed E-state index contributed by atoms with van der Waals surface area (Å²) in [5.74, 6) is -4.91. The van der Waals surface area contributed by atoms with Crippen LogP contribution in [-0.4, -0.2) is 152 Å². The predicted octanol–water partition coefficient (Wildman–Crippen LogP) is -2.83. The van der Waals surface area contributed by atoms with E-state index in [0.29, 0.717) is 0 Å². The Hall–Kier alpha value is -0.200. The zero-order valence-electron chi connectivity index (χ0n) is 12.6. The van der Waals surface area contributed by atoms with E-state index in [1.165, 1.54) is 0 Å². The molecule has 0 bridgehead atoms. The van der Waals surface area contributed by atoms with Crippen molar-refractivity contribution in [3.8, 4) is 0 Å². The van der Waals surface area contributed by atoms with Gasteiger partial charge in [-0.3, -0.25) is 29.0 Å². The number of nitrogens with zero attached hydrogens (tertiary/aromatic N) is 2. The first kappa shape index (κ1) is 26.7. The van der Waals surface area contributed by atoms with Crippen LogP contribution in [0.25, 0.3) is 0 Å². The van der Waals surface area contributed by atoms with E-state index in [0.717, 1.165) is 9.80 Å². The number of rotatable bonds is 11. The minimum Gasteiger partial charge on any atom is -0.480 e. The molecule has 10 nitrogen and oxygen atoms in total. The summed E-state index contributed by atoms with van der Waals surface area (Å²) < 4.78 is 0. The van der Waals surface area contributed by atoms with E-state index in [4.69, 9.17) is 20.4 Å². The minimum atomic E-state index is -1.23. The Bertz CT molecular complexity index is 325. The maximum Gasteiger partial charge on any atom is 0.317 e. The largest absolute Gasteiger partial charge is 0.480 e. The zero-order chi connectivity index (χ0) is 15.7. The Kier molecular flexibility index (Phi) is 17.5. The molecule has 0 spiro atoms. The third-order valence-corrected chi connectivity index (χ3v) is 2.17. The average molecular weight is 338 g/mol. The SMILES string of the molecule is O=C(O)CN(CCN(CC(=O)O)CC(=O)O)CC(=O)O.[Na].[Na]. The fraction of sp³-hybridized carbons (Fsp3) is 0.600. The van der Waals surface area contributed by atoms with Crippen molar-refractivity contribution in [2.45, 2.75) is 0 Å². The molecule has 0 aliphatic carbocycles. The molecule has 0 atom stereocenters. The monoisotopic (exact) mass is 338 g/mol. The van der Waals surface area contributed by atoms with Gasteiger partial charge in [0.25, 0.3) is 0 Å². The second-order valence-corrected chi connectivity index (χ2v) is 4.00. The molecule has 2 radical (unpaired) electrons. The number of carboxylic acid groups (broad SMARTS) is 4. The van der Waals surface area contributed by atoms with Crippen molar-refractivity contribution in [3.05, 3.63) is 0 Å². The van der Waals surface area contributed by atoms with Crippen LogP contribution in [0.1, 0.15) is 0 Å². The summed E-state index contributed by atoms with van der Waals surface area (Å²) in [6.45, 7) is -2.25. The molecule has 0 rings (SSSR count).